The van der Waals surface area contributed by atoms with Gasteiger partial charge < -0.3 is 14.6 Å². The second kappa shape index (κ2) is 8.25. The summed E-state index contributed by atoms with van der Waals surface area (Å²) in [7, 11) is 0. The molecule has 1 aliphatic rings. The lowest BCUT2D eigenvalue weighted by Gasteiger charge is -2.21. The maximum atomic E-state index is 13.0. The first-order valence-corrected chi connectivity index (χ1v) is 9.06. The third-order valence-electron chi connectivity index (χ3n) is 4.65. The number of carbonyl (C=O) groups is 2. The van der Waals surface area contributed by atoms with Gasteiger partial charge in [-0.2, -0.15) is 0 Å². The van der Waals surface area contributed by atoms with E-state index in [9.17, 15) is 9.59 Å². The maximum absolute atomic E-state index is 13.0. The molecule has 1 aromatic heterocycles. The summed E-state index contributed by atoms with van der Waals surface area (Å²) in [6, 6.07) is 7.78. The van der Waals surface area contributed by atoms with Crippen LogP contribution in [0.1, 0.15) is 43.2 Å². The number of aromatic nitrogens is 2. The number of carbonyl (C=O) groups excluding carboxylic acids is 2. The standard InChI is InChI=1S/C19H25N3O3/c1-2-25-17(23)8-5-13-22-16-7-4-3-6-15(16)21-19(22)18(24)14-9-11-20-12-10-14/h3-4,6-7,14,20H,2,5,8-13H2,1H3. The van der Waals surface area contributed by atoms with Crippen molar-refractivity contribution in [3.8, 4) is 0 Å². The molecule has 0 spiro atoms. The van der Waals surface area contributed by atoms with Crippen molar-refractivity contribution in [3.05, 3.63) is 30.1 Å². The lowest BCUT2D eigenvalue weighted by atomic mass is 9.93. The number of imidazole rings is 1. The fraction of sp³-hybridized carbons (Fsp3) is 0.526. The van der Waals surface area contributed by atoms with E-state index in [2.05, 4.69) is 10.3 Å². The molecule has 134 valence electrons. The Kier molecular flexibility index (Phi) is 5.81. The molecule has 0 atom stereocenters. The maximum Gasteiger partial charge on any atom is 0.305 e. The highest BCUT2D eigenvalue weighted by molar-refractivity contribution is 5.98. The smallest absolute Gasteiger partial charge is 0.305 e. The quantitative estimate of drug-likeness (QED) is 0.618. The van der Waals surface area contributed by atoms with Crippen molar-refractivity contribution in [2.24, 2.45) is 5.92 Å². The van der Waals surface area contributed by atoms with Gasteiger partial charge in [-0.25, -0.2) is 4.98 Å². The number of esters is 1. The van der Waals surface area contributed by atoms with Gasteiger partial charge in [0.2, 0.25) is 5.78 Å². The van der Waals surface area contributed by atoms with E-state index >= 15 is 0 Å². The summed E-state index contributed by atoms with van der Waals surface area (Å²) in [5.74, 6) is 0.478. The predicted octanol–water partition coefficient (Wildman–Crippen LogP) is 2.56. The minimum absolute atomic E-state index is 0.0295. The highest BCUT2D eigenvalue weighted by Gasteiger charge is 2.27. The molecular weight excluding hydrogens is 318 g/mol. The van der Waals surface area contributed by atoms with Crippen LogP contribution >= 0.6 is 0 Å². The highest BCUT2D eigenvalue weighted by atomic mass is 16.5. The molecule has 0 radical (unpaired) electrons. The minimum Gasteiger partial charge on any atom is -0.466 e. The van der Waals surface area contributed by atoms with Crippen LogP contribution in [0.3, 0.4) is 0 Å². The number of benzene rings is 1. The molecular formula is C19H25N3O3. The number of fused-ring (bicyclic) bond motifs is 1. The fourth-order valence-corrected chi connectivity index (χ4v) is 3.37. The predicted molar refractivity (Wildman–Crippen MR) is 95.5 cm³/mol. The molecule has 3 rings (SSSR count). The van der Waals surface area contributed by atoms with Crippen molar-refractivity contribution in [1.82, 2.24) is 14.9 Å². The number of rotatable bonds is 7. The number of Topliss-reactive ketones (excluding diaryl/α,β-unsaturated/α-hetero) is 1. The Hall–Kier alpha value is -2.21. The zero-order valence-electron chi connectivity index (χ0n) is 14.7. The van der Waals surface area contributed by atoms with E-state index in [4.69, 9.17) is 4.74 Å². The second-order valence-electron chi connectivity index (χ2n) is 6.37. The van der Waals surface area contributed by atoms with Crippen molar-refractivity contribution in [2.75, 3.05) is 19.7 Å². The molecule has 0 unspecified atom stereocenters. The summed E-state index contributed by atoms with van der Waals surface area (Å²) in [6.07, 6.45) is 2.68. The molecule has 0 bridgehead atoms. The van der Waals surface area contributed by atoms with E-state index < -0.39 is 0 Å². The Morgan fingerprint density at radius 2 is 2.04 bits per heavy atom. The number of nitrogens with zero attached hydrogens (tertiary/aromatic N) is 2. The molecule has 25 heavy (non-hydrogen) atoms. The van der Waals surface area contributed by atoms with Gasteiger partial charge in [0.25, 0.3) is 0 Å². The van der Waals surface area contributed by atoms with Gasteiger partial charge in [-0.1, -0.05) is 12.1 Å². The van der Waals surface area contributed by atoms with Gasteiger partial charge in [0.1, 0.15) is 0 Å². The van der Waals surface area contributed by atoms with Crippen molar-refractivity contribution in [3.63, 3.8) is 0 Å². The second-order valence-corrected chi connectivity index (χ2v) is 6.37. The topological polar surface area (TPSA) is 73.2 Å². The molecule has 1 fully saturated rings. The third-order valence-corrected chi connectivity index (χ3v) is 4.65. The first-order chi connectivity index (χ1) is 12.2. The van der Waals surface area contributed by atoms with Gasteiger partial charge in [0, 0.05) is 18.9 Å². The van der Waals surface area contributed by atoms with Crippen LogP contribution in [0.15, 0.2) is 24.3 Å². The molecule has 0 saturated carbocycles. The molecule has 0 aliphatic carbocycles. The molecule has 0 amide bonds. The molecule has 6 nitrogen and oxygen atoms in total. The van der Waals surface area contributed by atoms with Crippen LogP contribution in [0.5, 0.6) is 0 Å². The SMILES string of the molecule is CCOC(=O)CCCn1c(C(=O)C2CCNCC2)nc2ccccc21. The normalized spacial score (nSPS) is 15.4. The van der Waals surface area contributed by atoms with Crippen molar-refractivity contribution in [1.29, 1.82) is 0 Å². The number of hydrogen-bond acceptors (Lipinski definition) is 5. The van der Waals surface area contributed by atoms with Crippen LogP contribution < -0.4 is 5.32 Å². The molecule has 1 saturated heterocycles. The largest absolute Gasteiger partial charge is 0.466 e. The molecule has 2 heterocycles. The fourth-order valence-electron chi connectivity index (χ4n) is 3.37. The summed E-state index contributed by atoms with van der Waals surface area (Å²) >= 11 is 0. The van der Waals surface area contributed by atoms with Crippen molar-refractivity contribution >= 4 is 22.8 Å². The number of nitrogens with one attached hydrogen (secondary N) is 1. The van der Waals surface area contributed by atoms with Gasteiger partial charge in [0.15, 0.2) is 5.82 Å². The number of ketones is 1. The molecule has 1 aliphatic heterocycles. The lowest BCUT2D eigenvalue weighted by Crippen LogP contribution is -2.33. The molecule has 6 heteroatoms. The first-order valence-electron chi connectivity index (χ1n) is 9.06. The minimum atomic E-state index is -0.196. The average molecular weight is 343 g/mol. The summed E-state index contributed by atoms with van der Waals surface area (Å²) in [6.45, 7) is 4.54. The first kappa shape index (κ1) is 17.6. The summed E-state index contributed by atoms with van der Waals surface area (Å²) in [5.41, 5.74) is 1.78. The summed E-state index contributed by atoms with van der Waals surface area (Å²) in [5, 5.41) is 3.29. The van der Waals surface area contributed by atoms with Crippen molar-refractivity contribution < 1.29 is 14.3 Å². The Morgan fingerprint density at radius 1 is 1.28 bits per heavy atom. The number of para-hydroxylation sites is 2. The van der Waals surface area contributed by atoms with Crippen molar-refractivity contribution in [2.45, 2.75) is 39.2 Å². The van der Waals surface area contributed by atoms with Gasteiger partial charge in [-0.15, -0.1) is 0 Å². The Morgan fingerprint density at radius 3 is 2.80 bits per heavy atom. The lowest BCUT2D eigenvalue weighted by molar-refractivity contribution is -0.143. The number of aryl methyl sites for hydroxylation is 1. The van der Waals surface area contributed by atoms with Crippen LogP contribution in [-0.2, 0) is 16.1 Å². The van der Waals surface area contributed by atoms with Gasteiger partial charge in [0.05, 0.1) is 17.6 Å². The van der Waals surface area contributed by atoms with Crippen LogP contribution in [-0.4, -0.2) is 41.0 Å². The van der Waals surface area contributed by atoms with E-state index in [1.807, 2.05) is 28.8 Å². The highest BCUT2D eigenvalue weighted by Crippen LogP contribution is 2.23. The monoisotopic (exact) mass is 343 g/mol. The summed E-state index contributed by atoms with van der Waals surface area (Å²) in [4.78, 5) is 29.2. The van der Waals surface area contributed by atoms with Gasteiger partial charge >= 0.3 is 5.97 Å². The molecule has 1 aromatic carbocycles. The third kappa shape index (κ3) is 4.07. The van der Waals surface area contributed by atoms with Crippen LogP contribution in [0.25, 0.3) is 11.0 Å². The van der Waals surface area contributed by atoms with E-state index in [-0.39, 0.29) is 17.7 Å². The Labute approximate surface area is 147 Å². The number of hydrogen-bond donors (Lipinski definition) is 1. The van der Waals surface area contributed by atoms with E-state index in [0.717, 1.165) is 37.0 Å². The molecule has 2 aromatic rings. The van der Waals surface area contributed by atoms with Crippen LogP contribution in [0.2, 0.25) is 0 Å². The Bertz CT molecular complexity index is 747. The van der Waals surface area contributed by atoms with E-state index in [0.29, 0.717) is 31.8 Å². The summed E-state index contributed by atoms with van der Waals surface area (Å²) < 4.78 is 6.96. The van der Waals surface area contributed by atoms with E-state index in [1.54, 1.807) is 6.92 Å². The number of ether oxygens (including phenoxy) is 1. The molecule has 1 N–H and O–H groups in total. The zero-order valence-corrected chi connectivity index (χ0v) is 14.7. The average Bonchev–Trinajstić information content (AvgIpc) is 3.01. The Balaban J connectivity index is 1.81. The van der Waals surface area contributed by atoms with Crippen LogP contribution in [0, 0.1) is 5.92 Å². The van der Waals surface area contributed by atoms with Crippen LogP contribution in [0.4, 0.5) is 0 Å². The van der Waals surface area contributed by atoms with Gasteiger partial charge in [-0.3, -0.25) is 9.59 Å². The van der Waals surface area contributed by atoms with Gasteiger partial charge in [-0.05, 0) is 51.4 Å². The number of piperidine rings is 1. The zero-order chi connectivity index (χ0) is 17.6. The van der Waals surface area contributed by atoms with E-state index in [1.165, 1.54) is 0 Å².